The number of hydrogen-bond acceptors (Lipinski definition) is 6. The zero-order chi connectivity index (χ0) is 20.1. The second kappa shape index (κ2) is 8.38. The summed E-state index contributed by atoms with van der Waals surface area (Å²) in [7, 11) is -2.39. The molecule has 146 valence electrons. The number of aliphatic hydroxyl groups is 2. The van der Waals surface area contributed by atoms with Crippen LogP contribution in [0, 0.1) is 0 Å². The molecule has 0 aliphatic carbocycles. The standard InChI is InChI=1S/C18H22N2O6S/c1-18(23,12-21)11-19-17(22)13-4-3-5-16(10-13)27(24,25)20-14-6-8-15(26-2)9-7-14/h3-10,20-21,23H,11-12H2,1-2H3,(H,19,22)/t18-/m0/s1. The zero-order valence-corrected chi connectivity index (χ0v) is 15.8. The maximum Gasteiger partial charge on any atom is 0.261 e. The molecule has 27 heavy (non-hydrogen) atoms. The van der Waals surface area contributed by atoms with Crippen LogP contribution in [0.25, 0.3) is 0 Å². The van der Waals surface area contributed by atoms with Gasteiger partial charge in [0.15, 0.2) is 0 Å². The highest BCUT2D eigenvalue weighted by molar-refractivity contribution is 7.92. The largest absolute Gasteiger partial charge is 0.497 e. The van der Waals surface area contributed by atoms with Crippen LogP contribution in [0.4, 0.5) is 5.69 Å². The molecule has 9 heteroatoms. The minimum Gasteiger partial charge on any atom is -0.497 e. The third-order valence-electron chi connectivity index (χ3n) is 3.72. The Hall–Kier alpha value is -2.62. The molecule has 0 fully saturated rings. The summed E-state index contributed by atoms with van der Waals surface area (Å²) in [4.78, 5) is 12.1. The van der Waals surface area contributed by atoms with Crippen LogP contribution in [0.5, 0.6) is 5.75 Å². The Morgan fingerprint density at radius 2 is 1.85 bits per heavy atom. The number of rotatable bonds is 8. The Labute approximate surface area is 157 Å². The second-order valence-corrected chi connectivity index (χ2v) is 7.88. The maximum atomic E-state index is 12.5. The zero-order valence-electron chi connectivity index (χ0n) is 15.0. The molecule has 1 atom stereocenters. The van der Waals surface area contributed by atoms with Crippen molar-refractivity contribution in [3.8, 4) is 5.75 Å². The molecule has 2 aromatic carbocycles. The normalized spacial score (nSPS) is 13.5. The summed E-state index contributed by atoms with van der Waals surface area (Å²) in [5, 5.41) is 21.2. The lowest BCUT2D eigenvalue weighted by Crippen LogP contribution is -2.43. The van der Waals surface area contributed by atoms with Crippen molar-refractivity contribution in [2.45, 2.75) is 17.4 Å². The minimum absolute atomic E-state index is 0.0834. The van der Waals surface area contributed by atoms with E-state index in [0.717, 1.165) is 0 Å². The molecule has 1 amide bonds. The molecule has 0 bridgehead atoms. The molecule has 0 aromatic heterocycles. The lowest BCUT2D eigenvalue weighted by atomic mass is 10.1. The molecule has 0 aliphatic rings. The van der Waals surface area contributed by atoms with Crippen molar-refractivity contribution < 1.29 is 28.2 Å². The number of nitrogens with one attached hydrogen (secondary N) is 2. The first-order chi connectivity index (χ1) is 12.7. The smallest absolute Gasteiger partial charge is 0.261 e. The van der Waals surface area contributed by atoms with Crippen molar-refractivity contribution >= 4 is 21.6 Å². The Kier molecular flexibility index (Phi) is 6.42. The van der Waals surface area contributed by atoms with E-state index in [0.29, 0.717) is 11.4 Å². The maximum absolute atomic E-state index is 12.5. The number of amides is 1. The number of sulfonamides is 1. The van der Waals surface area contributed by atoms with E-state index in [9.17, 15) is 18.3 Å². The van der Waals surface area contributed by atoms with Crippen LogP contribution < -0.4 is 14.8 Å². The van der Waals surface area contributed by atoms with Gasteiger partial charge in [0.2, 0.25) is 0 Å². The van der Waals surface area contributed by atoms with E-state index < -0.39 is 28.1 Å². The van der Waals surface area contributed by atoms with Crippen LogP contribution in [0.2, 0.25) is 0 Å². The average molecular weight is 394 g/mol. The highest BCUT2D eigenvalue weighted by Gasteiger charge is 2.21. The van der Waals surface area contributed by atoms with Crippen molar-refractivity contribution in [2.75, 3.05) is 25.0 Å². The molecule has 0 spiro atoms. The Balaban J connectivity index is 2.15. The van der Waals surface area contributed by atoms with Crippen LogP contribution in [0.15, 0.2) is 53.4 Å². The fourth-order valence-corrected chi connectivity index (χ4v) is 3.21. The summed E-state index contributed by atoms with van der Waals surface area (Å²) in [5.41, 5.74) is -0.999. The van der Waals surface area contributed by atoms with E-state index >= 15 is 0 Å². The third-order valence-corrected chi connectivity index (χ3v) is 5.10. The van der Waals surface area contributed by atoms with E-state index in [1.165, 1.54) is 38.3 Å². The summed E-state index contributed by atoms with van der Waals surface area (Å²) >= 11 is 0. The lowest BCUT2D eigenvalue weighted by molar-refractivity contribution is 0.00320. The van der Waals surface area contributed by atoms with Gasteiger partial charge < -0.3 is 20.3 Å². The Bertz CT molecular complexity index is 894. The molecule has 0 saturated heterocycles. The molecule has 4 N–H and O–H groups in total. The van der Waals surface area contributed by atoms with Crippen molar-refractivity contribution in [1.82, 2.24) is 5.32 Å². The highest BCUT2D eigenvalue weighted by atomic mass is 32.2. The topological polar surface area (TPSA) is 125 Å². The van der Waals surface area contributed by atoms with Gasteiger partial charge in [0, 0.05) is 17.8 Å². The molecule has 0 saturated carbocycles. The molecule has 2 rings (SSSR count). The number of methoxy groups -OCH3 is 1. The van der Waals surface area contributed by atoms with Gasteiger partial charge in [0.05, 0.1) is 18.6 Å². The quantitative estimate of drug-likeness (QED) is 0.529. The van der Waals surface area contributed by atoms with Gasteiger partial charge in [-0.25, -0.2) is 8.42 Å². The van der Waals surface area contributed by atoms with Crippen LogP contribution in [0.3, 0.4) is 0 Å². The molecule has 0 unspecified atom stereocenters. The second-order valence-electron chi connectivity index (χ2n) is 6.20. The number of benzene rings is 2. The van der Waals surface area contributed by atoms with Gasteiger partial charge in [-0.15, -0.1) is 0 Å². The molecular formula is C18H22N2O6S. The first-order valence-corrected chi connectivity index (χ1v) is 9.53. The molecule has 0 aliphatic heterocycles. The summed E-state index contributed by atoms with van der Waals surface area (Å²) in [6, 6.07) is 11.9. The fraction of sp³-hybridized carbons (Fsp3) is 0.278. The van der Waals surface area contributed by atoms with Gasteiger partial charge in [-0.05, 0) is 49.4 Å². The molecule has 0 radical (unpaired) electrons. The van der Waals surface area contributed by atoms with Crippen molar-refractivity contribution in [2.24, 2.45) is 0 Å². The first kappa shape index (κ1) is 20.7. The van der Waals surface area contributed by atoms with Gasteiger partial charge >= 0.3 is 0 Å². The minimum atomic E-state index is -3.90. The van der Waals surface area contributed by atoms with Gasteiger partial charge in [-0.3, -0.25) is 9.52 Å². The van der Waals surface area contributed by atoms with Crippen LogP contribution in [-0.4, -0.2) is 50.4 Å². The predicted octanol–water partition coefficient (Wildman–Crippen LogP) is 0.969. The summed E-state index contributed by atoms with van der Waals surface area (Å²) in [6.07, 6.45) is 0. The summed E-state index contributed by atoms with van der Waals surface area (Å²) in [5.74, 6) is 0.0283. The number of hydrogen-bond donors (Lipinski definition) is 4. The van der Waals surface area contributed by atoms with E-state index in [1.54, 1.807) is 24.3 Å². The lowest BCUT2D eigenvalue weighted by Gasteiger charge is -2.20. The summed E-state index contributed by atoms with van der Waals surface area (Å²) in [6.45, 7) is 0.670. The average Bonchev–Trinajstić information content (AvgIpc) is 2.66. The van der Waals surface area contributed by atoms with Crippen LogP contribution in [-0.2, 0) is 10.0 Å². The Morgan fingerprint density at radius 3 is 2.44 bits per heavy atom. The fourth-order valence-electron chi connectivity index (χ4n) is 2.11. The van der Waals surface area contributed by atoms with E-state index in [-0.39, 0.29) is 17.0 Å². The van der Waals surface area contributed by atoms with Crippen molar-refractivity contribution in [1.29, 1.82) is 0 Å². The van der Waals surface area contributed by atoms with Gasteiger partial charge in [0.25, 0.3) is 15.9 Å². The van der Waals surface area contributed by atoms with E-state index in [4.69, 9.17) is 9.84 Å². The highest BCUT2D eigenvalue weighted by Crippen LogP contribution is 2.20. The van der Waals surface area contributed by atoms with Crippen LogP contribution >= 0.6 is 0 Å². The SMILES string of the molecule is COc1ccc(NS(=O)(=O)c2cccc(C(=O)NC[C@](C)(O)CO)c2)cc1. The van der Waals surface area contributed by atoms with Crippen LogP contribution in [0.1, 0.15) is 17.3 Å². The van der Waals surface area contributed by atoms with Gasteiger partial charge in [0.1, 0.15) is 11.4 Å². The molecule has 0 heterocycles. The molecule has 8 nitrogen and oxygen atoms in total. The molecule has 2 aromatic rings. The monoisotopic (exact) mass is 394 g/mol. The molecular weight excluding hydrogens is 372 g/mol. The van der Waals surface area contributed by atoms with Crippen molar-refractivity contribution in [3.63, 3.8) is 0 Å². The van der Waals surface area contributed by atoms with Crippen molar-refractivity contribution in [3.05, 3.63) is 54.1 Å². The number of anilines is 1. The first-order valence-electron chi connectivity index (χ1n) is 8.05. The van der Waals surface area contributed by atoms with E-state index in [1.807, 2.05) is 0 Å². The van der Waals surface area contributed by atoms with Gasteiger partial charge in [-0.2, -0.15) is 0 Å². The Morgan fingerprint density at radius 1 is 1.19 bits per heavy atom. The predicted molar refractivity (Wildman–Crippen MR) is 100 cm³/mol. The summed E-state index contributed by atoms with van der Waals surface area (Å²) < 4.78 is 32.5. The number of carbonyl (C=O) groups excluding carboxylic acids is 1. The number of carbonyl (C=O) groups is 1. The van der Waals surface area contributed by atoms with E-state index in [2.05, 4.69) is 10.0 Å². The number of ether oxygens (including phenoxy) is 1. The van der Waals surface area contributed by atoms with Gasteiger partial charge in [-0.1, -0.05) is 6.07 Å². The number of aliphatic hydroxyl groups excluding tert-OH is 1. The third kappa shape index (κ3) is 5.68.